The van der Waals surface area contributed by atoms with Gasteiger partial charge in [-0.05, 0) is 44.5 Å². The lowest BCUT2D eigenvalue weighted by Gasteiger charge is -2.30. The van der Waals surface area contributed by atoms with Gasteiger partial charge in [0.15, 0.2) is 5.69 Å². The van der Waals surface area contributed by atoms with Gasteiger partial charge in [-0.1, -0.05) is 26.8 Å². The van der Waals surface area contributed by atoms with Gasteiger partial charge in [0, 0.05) is 33.2 Å². The van der Waals surface area contributed by atoms with Gasteiger partial charge in [0.2, 0.25) is 5.91 Å². The number of carbonyl (C=O) groups is 2. The van der Waals surface area contributed by atoms with Gasteiger partial charge < -0.3 is 15.2 Å². The van der Waals surface area contributed by atoms with Crippen LogP contribution in [0.3, 0.4) is 0 Å². The van der Waals surface area contributed by atoms with Crippen LogP contribution < -0.4 is 10.6 Å². The Morgan fingerprint density at radius 1 is 1.17 bits per heavy atom. The first-order chi connectivity index (χ1) is 14.2. The molecule has 3 heterocycles. The zero-order chi connectivity index (χ0) is 21.9. The van der Waals surface area contributed by atoms with E-state index in [0.717, 1.165) is 44.2 Å². The maximum absolute atomic E-state index is 13.2. The lowest BCUT2D eigenvalue weighted by atomic mass is 9.86. The van der Waals surface area contributed by atoms with Crippen molar-refractivity contribution in [3.8, 4) is 0 Å². The van der Waals surface area contributed by atoms with Crippen LogP contribution in [0.15, 0.2) is 6.08 Å². The molecule has 2 amide bonds. The maximum Gasteiger partial charge on any atom is 0.272 e. The van der Waals surface area contributed by atoms with Gasteiger partial charge in [0.1, 0.15) is 11.9 Å². The van der Waals surface area contributed by atoms with Gasteiger partial charge in [-0.2, -0.15) is 0 Å². The fourth-order valence-corrected chi connectivity index (χ4v) is 4.12. The van der Waals surface area contributed by atoms with Crippen molar-refractivity contribution in [1.29, 1.82) is 0 Å². The first-order valence-electron chi connectivity index (χ1n) is 10.9. The molecule has 0 aromatic carbocycles. The number of likely N-dealkylation sites (N-methyl/N-ethyl adjacent to an activating group) is 2. The second-order valence-electron chi connectivity index (χ2n) is 9.45. The molecule has 1 aromatic heterocycles. The highest BCUT2D eigenvalue weighted by Crippen LogP contribution is 2.23. The fourth-order valence-electron chi connectivity index (χ4n) is 4.12. The largest absolute Gasteiger partial charge is 0.357 e. The second-order valence-corrected chi connectivity index (χ2v) is 9.45. The summed E-state index contributed by atoms with van der Waals surface area (Å²) in [5, 5.41) is 5.58. The zero-order valence-electron chi connectivity index (χ0n) is 19.0. The SMILES string of the molecule is CNC(=O)[C@@H](NC(=O)c1nc(/C=C/CN2CCCC2)n2c1CN(C)CC2)C(C)(C)C. The Kier molecular flexibility index (Phi) is 6.98. The monoisotopic (exact) mass is 416 g/mol. The number of aromatic nitrogens is 2. The smallest absolute Gasteiger partial charge is 0.272 e. The summed E-state index contributed by atoms with van der Waals surface area (Å²) in [6.07, 6.45) is 6.71. The lowest BCUT2D eigenvalue weighted by Crippen LogP contribution is -2.53. The van der Waals surface area contributed by atoms with Crippen LogP contribution in [0.4, 0.5) is 0 Å². The maximum atomic E-state index is 13.2. The number of fused-ring (bicyclic) bond motifs is 1. The molecule has 0 spiro atoms. The van der Waals surface area contributed by atoms with E-state index in [1.54, 1.807) is 7.05 Å². The minimum atomic E-state index is -0.636. The van der Waals surface area contributed by atoms with Crippen molar-refractivity contribution in [2.24, 2.45) is 5.41 Å². The molecule has 0 bridgehead atoms. The molecular weight excluding hydrogens is 380 g/mol. The minimum absolute atomic E-state index is 0.202. The summed E-state index contributed by atoms with van der Waals surface area (Å²) < 4.78 is 2.14. The molecule has 3 rings (SSSR count). The van der Waals surface area contributed by atoms with Crippen molar-refractivity contribution in [3.05, 3.63) is 23.3 Å². The van der Waals surface area contributed by atoms with Crippen molar-refractivity contribution < 1.29 is 9.59 Å². The summed E-state index contributed by atoms with van der Waals surface area (Å²) >= 11 is 0. The summed E-state index contributed by atoms with van der Waals surface area (Å²) in [5.41, 5.74) is 0.914. The topological polar surface area (TPSA) is 82.5 Å². The van der Waals surface area contributed by atoms with Gasteiger partial charge in [0.05, 0.1) is 5.69 Å². The van der Waals surface area contributed by atoms with Crippen LogP contribution in [0.5, 0.6) is 0 Å². The Bertz CT molecular complexity index is 801. The normalized spacial score (nSPS) is 19.1. The van der Waals surface area contributed by atoms with E-state index in [4.69, 9.17) is 4.98 Å². The van der Waals surface area contributed by atoms with E-state index < -0.39 is 11.5 Å². The summed E-state index contributed by atoms with van der Waals surface area (Å²) in [4.78, 5) is 34.9. The Morgan fingerprint density at radius 3 is 2.50 bits per heavy atom. The number of hydrogen-bond donors (Lipinski definition) is 2. The molecule has 2 aliphatic rings. The number of nitrogens with zero attached hydrogens (tertiary/aromatic N) is 4. The van der Waals surface area contributed by atoms with Crippen LogP contribution in [-0.2, 0) is 17.9 Å². The van der Waals surface area contributed by atoms with Crippen molar-refractivity contribution in [2.45, 2.75) is 52.7 Å². The minimum Gasteiger partial charge on any atom is -0.357 e. The van der Waals surface area contributed by atoms with Gasteiger partial charge in [0.25, 0.3) is 5.91 Å². The highest BCUT2D eigenvalue weighted by atomic mass is 16.2. The average molecular weight is 417 g/mol. The molecule has 2 N–H and O–H groups in total. The molecule has 8 nitrogen and oxygen atoms in total. The summed E-state index contributed by atoms with van der Waals surface area (Å²) in [5.74, 6) is 0.318. The van der Waals surface area contributed by atoms with E-state index in [0.29, 0.717) is 12.2 Å². The molecule has 0 aliphatic carbocycles. The van der Waals surface area contributed by atoms with E-state index in [1.807, 2.05) is 33.9 Å². The third-order valence-corrected chi connectivity index (χ3v) is 5.92. The summed E-state index contributed by atoms with van der Waals surface area (Å²) in [6, 6.07) is -0.636. The lowest BCUT2D eigenvalue weighted by molar-refractivity contribution is -0.124. The number of imidazole rings is 1. The average Bonchev–Trinajstić information content (AvgIpc) is 3.32. The molecule has 2 aliphatic heterocycles. The van der Waals surface area contributed by atoms with Crippen molar-refractivity contribution >= 4 is 17.9 Å². The molecule has 166 valence electrons. The molecular formula is C22H36N6O2. The number of amides is 2. The molecule has 8 heteroatoms. The van der Waals surface area contributed by atoms with Gasteiger partial charge in [-0.25, -0.2) is 4.98 Å². The third kappa shape index (κ3) is 5.10. The molecule has 1 saturated heterocycles. The van der Waals surface area contributed by atoms with Gasteiger partial charge in [-0.3, -0.25) is 19.4 Å². The number of likely N-dealkylation sites (tertiary alicyclic amines) is 1. The van der Waals surface area contributed by atoms with Crippen LogP contribution in [0.2, 0.25) is 0 Å². The molecule has 1 atom stereocenters. The molecule has 30 heavy (non-hydrogen) atoms. The first kappa shape index (κ1) is 22.5. The zero-order valence-corrected chi connectivity index (χ0v) is 19.0. The molecule has 0 radical (unpaired) electrons. The molecule has 0 unspecified atom stereocenters. The Hall–Kier alpha value is -2.19. The standard InChI is InChI=1S/C22H36N6O2/c1-22(2,3)19(21(30)23-4)25-20(29)18-16-15-26(5)13-14-28(16)17(24-18)9-8-12-27-10-6-7-11-27/h8-9,19H,6-7,10-15H2,1-5H3,(H,23,30)(H,25,29)/b9-8+/t19-/m1/s1. The Balaban J connectivity index is 1.84. The first-order valence-corrected chi connectivity index (χ1v) is 10.9. The summed E-state index contributed by atoms with van der Waals surface area (Å²) in [6.45, 7) is 11.4. The number of carbonyl (C=O) groups excluding carboxylic acids is 2. The third-order valence-electron chi connectivity index (χ3n) is 5.92. The van der Waals surface area contributed by atoms with E-state index >= 15 is 0 Å². The van der Waals surface area contributed by atoms with Gasteiger partial charge >= 0.3 is 0 Å². The summed E-state index contributed by atoms with van der Waals surface area (Å²) in [7, 11) is 3.63. The fraction of sp³-hybridized carbons (Fsp3) is 0.682. The quantitative estimate of drug-likeness (QED) is 0.731. The highest BCUT2D eigenvalue weighted by Gasteiger charge is 2.34. The van der Waals surface area contributed by atoms with E-state index in [-0.39, 0.29) is 11.8 Å². The number of rotatable bonds is 6. The van der Waals surface area contributed by atoms with Crippen LogP contribution in [0, 0.1) is 5.41 Å². The van der Waals surface area contributed by atoms with Crippen molar-refractivity contribution in [2.75, 3.05) is 40.3 Å². The van der Waals surface area contributed by atoms with Crippen molar-refractivity contribution in [3.63, 3.8) is 0 Å². The number of hydrogen-bond acceptors (Lipinski definition) is 5. The van der Waals surface area contributed by atoms with Crippen LogP contribution in [0.25, 0.3) is 6.08 Å². The van der Waals surface area contributed by atoms with Crippen LogP contribution in [0.1, 0.15) is 55.6 Å². The predicted molar refractivity (Wildman–Crippen MR) is 118 cm³/mol. The Morgan fingerprint density at radius 2 is 1.87 bits per heavy atom. The molecule has 1 aromatic rings. The van der Waals surface area contributed by atoms with Crippen LogP contribution >= 0.6 is 0 Å². The predicted octanol–water partition coefficient (Wildman–Crippen LogP) is 1.33. The van der Waals surface area contributed by atoms with E-state index in [9.17, 15) is 9.59 Å². The highest BCUT2D eigenvalue weighted by molar-refractivity contribution is 5.97. The molecule has 1 fully saturated rings. The van der Waals surface area contributed by atoms with E-state index in [2.05, 4.69) is 31.1 Å². The second kappa shape index (κ2) is 9.31. The number of nitrogens with one attached hydrogen (secondary N) is 2. The van der Waals surface area contributed by atoms with Gasteiger partial charge in [-0.15, -0.1) is 0 Å². The molecule has 0 saturated carbocycles. The Labute approximate surface area is 179 Å². The van der Waals surface area contributed by atoms with Crippen LogP contribution in [-0.4, -0.2) is 77.5 Å². The van der Waals surface area contributed by atoms with Crippen molar-refractivity contribution in [1.82, 2.24) is 30.0 Å². The van der Waals surface area contributed by atoms with E-state index in [1.165, 1.54) is 12.8 Å².